The average Bonchev–Trinajstić information content (AvgIpc) is 3.33. The van der Waals surface area contributed by atoms with Gasteiger partial charge < -0.3 is 15.2 Å². The zero-order valence-electron chi connectivity index (χ0n) is 18.0. The zero-order chi connectivity index (χ0) is 25.0. The van der Waals surface area contributed by atoms with Crippen LogP contribution in [0.25, 0.3) is 11.3 Å². The van der Waals surface area contributed by atoms with Crippen LogP contribution in [0.15, 0.2) is 59.8 Å². The van der Waals surface area contributed by atoms with Gasteiger partial charge in [-0.3, -0.25) is 14.6 Å². The number of aromatic nitrogens is 5. The summed E-state index contributed by atoms with van der Waals surface area (Å²) in [6.45, 7) is 1.17. The lowest BCUT2D eigenvalue weighted by molar-refractivity contribution is -0.138. The Hall–Kier alpha value is -4.68. The monoisotopic (exact) mass is 483 g/mol. The van der Waals surface area contributed by atoms with Crippen molar-refractivity contribution in [3.05, 3.63) is 83.5 Å². The van der Waals surface area contributed by atoms with Crippen molar-refractivity contribution in [2.75, 3.05) is 5.32 Å². The first-order valence-corrected chi connectivity index (χ1v) is 10.0. The molecule has 0 aliphatic carbocycles. The number of carbonyl (C=O) groups excluding carboxylic acids is 2. The molecule has 0 atom stereocenters. The van der Waals surface area contributed by atoms with Gasteiger partial charge in [0.15, 0.2) is 0 Å². The normalized spacial score (nSPS) is 11.2. The van der Waals surface area contributed by atoms with Gasteiger partial charge in [0, 0.05) is 30.2 Å². The van der Waals surface area contributed by atoms with E-state index in [0.29, 0.717) is 5.69 Å². The third-order valence-corrected chi connectivity index (χ3v) is 4.74. The first-order chi connectivity index (χ1) is 16.7. The van der Waals surface area contributed by atoms with Gasteiger partial charge in [-0.05, 0) is 36.8 Å². The quantitative estimate of drug-likeness (QED) is 0.426. The number of carbonyl (C=O) groups is 2. The third-order valence-electron chi connectivity index (χ3n) is 4.74. The van der Waals surface area contributed by atoms with Gasteiger partial charge in [0.1, 0.15) is 23.5 Å². The van der Waals surface area contributed by atoms with E-state index in [2.05, 4.69) is 35.7 Å². The van der Waals surface area contributed by atoms with Gasteiger partial charge in [0.2, 0.25) is 5.76 Å². The van der Waals surface area contributed by atoms with Crippen molar-refractivity contribution in [3.63, 3.8) is 0 Å². The second kappa shape index (κ2) is 9.67. The Bertz CT molecular complexity index is 1370. The Morgan fingerprint density at radius 2 is 1.80 bits per heavy atom. The predicted molar refractivity (Wildman–Crippen MR) is 115 cm³/mol. The van der Waals surface area contributed by atoms with Crippen molar-refractivity contribution in [2.45, 2.75) is 19.6 Å². The summed E-state index contributed by atoms with van der Waals surface area (Å²) in [6, 6.07) is 6.96. The van der Waals surface area contributed by atoms with Gasteiger partial charge in [-0.2, -0.15) is 13.2 Å². The van der Waals surface area contributed by atoms with Crippen LogP contribution in [-0.2, 0) is 12.7 Å². The fourth-order valence-electron chi connectivity index (χ4n) is 3.00. The van der Waals surface area contributed by atoms with Crippen LogP contribution in [0.2, 0.25) is 0 Å². The second-order valence-corrected chi connectivity index (χ2v) is 7.23. The number of rotatable bonds is 6. The Kier molecular flexibility index (Phi) is 6.48. The van der Waals surface area contributed by atoms with E-state index in [1.54, 1.807) is 24.5 Å². The molecule has 2 amide bonds. The first kappa shape index (κ1) is 23.5. The van der Waals surface area contributed by atoms with E-state index in [0.717, 1.165) is 17.8 Å². The molecule has 178 valence electrons. The number of alkyl halides is 3. The molecule has 2 N–H and O–H groups in total. The molecule has 0 aromatic carbocycles. The molecular weight excluding hydrogens is 467 g/mol. The molecule has 0 saturated heterocycles. The maximum absolute atomic E-state index is 13.1. The number of pyridine rings is 2. The van der Waals surface area contributed by atoms with Crippen molar-refractivity contribution in [2.24, 2.45) is 0 Å². The molecule has 4 aromatic rings. The molecular formula is C22H16F3N7O3. The zero-order valence-corrected chi connectivity index (χ0v) is 18.0. The average molecular weight is 483 g/mol. The van der Waals surface area contributed by atoms with E-state index in [1.807, 2.05) is 0 Å². The lowest BCUT2D eigenvalue weighted by Crippen LogP contribution is -2.24. The van der Waals surface area contributed by atoms with E-state index >= 15 is 0 Å². The van der Waals surface area contributed by atoms with E-state index < -0.39 is 23.6 Å². The summed E-state index contributed by atoms with van der Waals surface area (Å²) in [5.74, 6) is -1.93. The summed E-state index contributed by atoms with van der Waals surface area (Å²) in [5.41, 5.74) is 0.615. The minimum absolute atomic E-state index is 0.0789. The maximum Gasteiger partial charge on any atom is 0.416 e. The predicted octanol–water partition coefficient (Wildman–Crippen LogP) is 3.43. The second-order valence-electron chi connectivity index (χ2n) is 7.23. The Morgan fingerprint density at radius 3 is 2.54 bits per heavy atom. The summed E-state index contributed by atoms with van der Waals surface area (Å²) in [7, 11) is 0. The molecule has 13 heteroatoms. The van der Waals surface area contributed by atoms with Crippen molar-refractivity contribution in [3.8, 4) is 11.3 Å². The SMILES string of the molecule is Cc1cnc(NC(=O)c2cc(CNC(=O)c3cc(-c4ccncc4)ncn3)no2)cc1C(F)(F)F. The number of nitrogens with one attached hydrogen (secondary N) is 2. The molecule has 4 heterocycles. The lowest BCUT2D eigenvalue weighted by Gasteiger charge is -2.11. The van der Waals surface area contributed by atoms with Crippen molar-refractivity contribution in [1.29, 1.82) is 0 Å². The molecule has 10 nitrogen and oxygen atoms in total. The van der Waals surface area contributed by atoms with Crippen LogP contribution >= 0.6 is 0 Å². The standard InChI is InChI=1S/C22H16F3N7O3/c1-12-9-27-19(7-15(12)22(23,24)25)31-21(34)18-6-14(32-35-18)10-28-20(33)17-8-16(29-11-30-17)13-2-4-26-5-3-13/h2-9,11H,10H2,1H3,(H,28,33)(H,27,31,34). The van der Waals surface area contributed by atoms with Crippen molar-refractivity contribution in [1.82, 2.24) is 30.4 Å². The van der Waals surface area contributed by atoms with E-state index in [1.165, 1.54) is 25.4 Å². The van der Waals surface area contributed by atoms with Crippen molar-refractivity contribution < 1.29 is 27.3 Å². The summed E-state index contributed by atoms with van der Waals surface area (Å²) in [6.07, 6.45) is 0.867. The highest BCUT2D eigenvalue weighted by atomic mass is 19.4. The Morgan fingerprint density at radius 1 is 1.03 bits per heavy atom. The molecule has 4 rings (SSSR count). The number of nitrogens with zero attached hydrogens (tertiary/aromatic N) is 5. The first-order valence-electron chi connectivity index (χ1n) is 10.0. The summed E-state index contributed by atoms with van der Waals surface area (Å²) >= 11 is 0. The molecule has 0 radical (unpaired) electrons. The molecule has 0 aliphatic rings. The highest BCUT2D eigenvalue weighted by Gasteiger charge is 2.33. The molecule has 0 aliphatic heterocycles. The fourth-order valence-corrected chi connectivity index (χ4v) is 3.00. The van der Waals surface area contributed by atoms with Gasteiger partial charge in [0.25, 0.3) is 11.8 Å². The highest BCUT2D eigenvalue weighted by Crippen LogP contribution is 2.32. The summed E-state index contributed by atoms with van der Waals surface area (Å²) < 4.78 is 44.1. The number of hydrogen-bond donors (Lipinski definition) is 2. The number of hydrogen-bond acceptors (Lipinski definition) is 8. The summed E-state index contributed by atoms with van der Waals surface area (Å²) in [5, 5.41) is 8.51. The molecule has 0 unspecified atom stereocenters. The molecule has 4 aromatic heterocycles. The third kappa shape index (κ3) is 5.63. The molecule has 0 spiro atoms. The van der Waals surface area contributed by atoms with Gasteiger partial charge in [-0.15, -0.1) is 0 Å². The van der Waals surface area contributed by atoms with E-state index in [9.17, 15) is 22.8 Å². The van der Waals surface area contributed by atoms with Crippen molar-refractivity contribution >= 4 is 17.6 Å². The van der Waals surface area contributed by atoms with Crippen LogP contribution in [0.3, 0.4) is 0 Å². The Labute approximate surface area is 195 Å². The topological polar surface area (TPSA) is 136 Å². The van der Waals surface area contributed by atoms with Crippen LogP contribution < -0.4 is 10.6 Å². The molecule has 0 bridgehead atoms. The fraction of sp³-hybridized carbons (Fsp3) is 0.136. The van der Waals surface area contributed by atoms with E-state index in [-0.39, 0.29) is 35.1 Å². The number of halogens is 3. The van der Waals surface area contributed by atoms with Crippen LogP contribution in [0.1, 0.15) is 37.9 Å². The number of amides is 2. The largest absolute Gasteiger partial charge is 0.416 e. The van der Waals surface area contributed by atoms with Crippen LogP contribution in [0, 0.1) is 6.92 Å². The highest BCUT2D eigenvalue weighted by molar-refractivity contribution is 6.01. The minimum atomic E-state index is -4.59. The van der Waals surface area contributed by atoms with Crippen LogP contribution in [0.4, 0.5) is 19.0 Å². The van der Waals surface area contributed by atoms with Gasteiger partial charge in [-0.25, -0.2) is 15.0 Å². The number of aryl methyl sites for hydroxylation is 1. The Balaban J connectivity index is 1.38. The molecule has 35 heavy (non-hydrogen) atoms. The summed E-state index contributed by atoms with van der Waals surface area (Å²) in [4.78, 5) is 40.6. The van der Waals surface area contributed by atoms with E-state index in [4.69, 9.17) is 4.52 Å². The minimum Gasteiger partial charge on any atom is -0.351 e. The van der Waals surface area contributed by atoms with Gasteiger partial charge >= 0.3 is 6.18 Å². The smallest absolute Gasteiger partial charge is 0.351 e. The van der Waals surface area contributed by atoms with Gasteiger partial charge in [0.05, 0.1) is 17.8 Å². The van der Waals surface area contributed by atoms with Crippen LogP contribution in [0.5, 0.6) is 0 Å². The molecule has 0 fully saturated rings. The van der Waals surface area contributed by atoms with Crippen LogP contribution in [-0.4, -0.2) is 36.9 Å². The number of anilines is 1. The lowest BCUT2D eigenvalue weighted by atomic mass is 10.1. The van der Waals surface area contributed by atoms with Gasteiger partial charge in [-0.1, -0.05) is 5.16 Å². The maximum atomic E-state index is 13.1. The molecule has 0 saturated carbocycles.